The minimum Gasteiger partial charge on any atom is -0.455 e. The van der Waals surface area contributed by atoms with Gasteiger partial charge in [-0.1, -0.05) is 42.5 Å². The first-order valence-electron chi connectivity index (χ1n) is 10.8. The van der Waals surface area contributed by atoms with Crippen molar-refractivity contribution in [3.8, 4) is 17.4 Å². The lowest BCUT2D eigenvalue weighted by molar-refractivity contribution is -0.384. The first-order valence-corrected chi connectivity index (χ1v) is 11.6. The molecule has 0 spiro atoms. The van der Waals surface area contributed by atoms with Gasteiger partial charge in [0.1, 0.15) is 22.6 Å². The number of furan rings is 1. The molecular formula is C26H20N4O3S. The van der Waals surface area contributed by atoms with Gasteiger partial charge in [-0.15, -0.1) is 11.3 Å². The van der Waals surface area contributed by atoms with E-state index >= 15 is 0 Å². The highest BCUT2D eigenvalue weighted by atomic mass is 32.1. The van der Waals surface area contributed by atoms with Crippen LogP contribution in [-0.4, -0.2) is 22.6 Å². The van der Waals surface area contributed by atoms with Gasteiger partial charge < -0.3 is 4.42 Å². The SMILES string of the molecule is N#Cc1c(N=Cc2ccc(-c3cccc([N+](=O)[O-])c3)o2)sc2c1CCN(Cc1ccccc1)C2. The summed E-state index contributed by atoms with van der Waals surface area (Å²) in [5.74, 6) is 1.04. The monoisotopic (exact) mass is 468 g/mol. The lowest BCUT2D eigenvalue weighted by Gasteiger charge is -2.26. The van der Waals surface area contributed by atoms with E-state index in [-0.39, 0.29) is 5.69 Å². The van der Waals surface area contributed by atoms with E-state index in [2.05, 4.69) is 40.2 Å². The molecule has 7 nitrogen and oxygen atoms in total. The molecule has 0 unspecified atom stereocenters. The zero-order chi connectivity index (χ0) is 23.5. The van der Waals surface area contributed by atoms with Crippen LogP contribution in [0.2, 0.25) is 0 Å². The van der Waals surface area contributed by atoms with E-state index in [4.69, 9.17) is 4.42 Å². The molecule has 0 radical (unpaired) electrons. The highest BCUT2D eigenvalue weighted by Gasteiger charge is 2.24. The van der Waals surface area contributed by atoms with Gasteiger partial charge in [-0.05, 0) is 29.7 Å². The van der Waals surface area contributed by atoms with Gasteiger partial charge in [-0.25, -0.2) is 4.99 Å². The second-order valence-electron chi connectivity index (χ2n) is 8.01. The summed E-state index contributed by atoms with van der Waals surface area (Å²) in [7, 11) is 0. The Hall–Kier alpha value is -4.06. The lowest BCUT2D eigenvalue weighted by Crippen LogP contribution is -2.29. The molecule has 2 aromatic heterocycles. The Balaban J connectivity index is 1.34. The van der Waals surface area contributed by atoms with Crippen molar-refractivity contribution in [3.63, 3.8) is 0 Å². The van der Waals surface area contributed by atoms with E-state index in [1.54, 1.807) is 41.8 Å². The molecule has 0 saturated carbocycles. The summed E-state index contributed by atoms with van der Waals surface area (Å²) in [5.41, 5.74) is 3.64. The molecule has 168 valence electrons. The molecule has 8 heteroatoms. The van der Waals surface area contributed by atoms with Crippen LogP contribution in [0.1, 0.15) is 27.3 Å². The number of nitro benzene ring substituents is 1. The van der Waals surface area contributed by atoms with Crippen LogP contribution in [0.25, 0.3) is 11.3 Å². The van der Waals surface area contributed by atoms with Gasteiger partial charge in [-0.2, -0.15) is 5.26 Å². The molecule has 1 aliphatic rings. The van der Waals surface area contributed by atoms with Crippen molar-refractivity contribution in [2.75, 3.05) is 6.54 Å². The summed E-state index contributed by atoms with van der Waals surface area (Å²) in [6, 6.07) is 22.5. The number of benzene rings is 2. The second kappa shape index (κ2) is 9.43. The Morgan fingerprint density at radius 1 is 1.18 bits per heavy atom. The van der Waals surface area contributed by atoms with Gasteiger partial charge in [0.25, 0.3) is 5.69 Å². The van der Waals surface area contributed by atoms with E-state index in [0.717, 1.165) is 31.6 Å². The zero-order valence-corrected chi connectivity index (χ0v) is 19.0. The molecule has 0 saturated heterocycles. The summed E-state index contributed by atoms with van der Waals surface area (Å²) >= 11 is 1.55. The number of hydrogen-bond donors (Lipinski definition) is 0. The minimum absolute atomic E-state index is 0.00764. The largest absolute Gasteiger partial charge is 0.455 e. The molecule has 1 aliphatic heterocycles. The van der Waals surface area contributed by atoms with Crippen LogP contribution in [0.5, 0.6) is 0 Å². The molecule has 0 aliphatic carbocycles. The highest BCUT2D eigenvalue weighted by molar-refractivity contribution is 7.16. The van der Waals surface area contributed by atoms with Gasteiger partial charge in [0, 0.05) is 42.2 Å². The van der Waals surface area contributed by atoms with Crippen LogP contribution in [0, 0.1) is 21.4 Å². The fraction of sp³-hybridized carbons (Fsp3) is 0.154. The maximum Gasteiger partial charge on any atom is 0.270 e. The van der Waals surface area contributed by atoms with Crippen LogP contribution in [0.3, 0.4) is 0 Å². The smallest absolute Gasteiger partial charge is 0.270 e. The number of nitro groups is 1. The van der Waals surface area contributed by atoms with E-state index < -0.39 is 4.92 Å². The number of nitrogens with zero attached hydrogens (tertiary/aromatic N) is 4. The van der Waals surface area contributed by atoms with Crippen LogP contribution in [-0.2, 0) is 19.5 Å². The Bertz CT molecular complexity index is 1420. The third-order valence-corrected chi connectivity index (χ3v) is 6.88. The van der Waals surface area contributed by atoms with E-state index in [1.807, 2.05) is 6.07 Å². The van der Waals surface area contributed by atoms with Gasteiger partial charge in [0.05, 0.1) is 16.7 Å². The van der Waals surface area contributed by atoms with Crippen molar-refractivity contribution in [1.29, 1.82) is 5.26 Å². The third-order valence-electron chi connectivity index (χ3n) is 5.76. The van der Waals surface area contributed by atoms with Crippen molar-refractivity contribution < 1.29 is 9.34 Å². The molecule has 34 heavy (non-hydrogen) atoms. The number of rotatable bonds is 6. The number of thiophene rings is 1. The predicted molar refractivity (Wildman–Crippen MR) is 131 cm³/mol. The molecule has 4 aromatic rings. The van der Waals surface area contributed by atoms with Crippen LogP contribution in [0.15, 0.2) is 76.1 Å². The summed E-state index contributed by atoms with van der Waals surface area (Å²) in [6.07, 6.45) is 2.43. The highest BCUT2D eigenvalue weighted by Crippen LogP contribution is 2.39. The maximum absolute atomic E-state index is 11.0. The minimum atomic E-state index is -0.433. The number of fused-ring (bicyclic) bond motifs is 1. The van der Waals surface area contributed by atoms with E-state index in [0.29, 0.717) is 27.6 Å². The van der Waals surface area contributed by atoms with Gasteiger partial charge in [0.15, 0.2) is 0 Å². The van der Waals surface area contributed by atoms with Crippen LogP contribution in [0.4, 0.5) is 10.7 Å². The Morgan fingerprint density at radius 3 is 2.82 bits per heavy atom. The van der Waals surface area contributed by atoms with Crippen molar-refractivity contribution >= 4 is 28.2 Å². The second-order valence-corrected chi connectivity index (χ2v) is 9.09. The van der Waals surface area contributed by atoms with Crippen LogP contribution < -0.4 is 0 Å². The van der Waals surface area contributed by atoms with Crippen LogP contribution >= 0.6 is 11.3 Å². The van der Waals surface area contributed by atoms with Crippen molar-refractivity contribution in [2.45, 2.75) is 19.5 Å². The lowest BCUT2D eigenvalue weighted by atomic mass is 10.0. The normalized spacial score (nSPS) is 13.6. The average Bonchev–Trinajstić information content (AvgIpc) is 3.47. The molecule has 3 heterocycles. The van der Waals surface area contributed by atoms with Crippen molar-refractivity contribution in [1.82, 2.24) is 4.90 Å². The third kappa shape index (κ3) is 4.53. The standard InChI is InChI=1S/C26H20N4O3S/c27-14-23-22-11-12-29(16-18-5-2-1-3-6-18)17-25(22)34-26(23)28-15-21-9-10-24(33-21)19-7-4-8-20(13-19)30(31)32/h1-10,13,15H,11-12,16-17H2. The number of nitriles is 1. The molecule has 0 atom stereocenters. The predicted octanol–water partition coefficient (Wildman–Crippen LogP) is 6.10. The zero-order valence-electron chi connectivity index (χ0n) is 18.2. The number of hydrogen-bond acceptors (Lipinski definition) is 7. The summed E-state index contributed by atoms with van der Waals surface area (Å²) < 4.78 is 5.83. The molecule has 0 bridgehead atoms. The van der Waals surface area contributed by atoms with Gasteiger partial charge in [-0.3, -0.25) is 15.0 Å². The Kier molecular flexibility index (Phi) is 6.04. The molecule has 0 fully saturated rings. The summed E-state index contributed by atoms with van der Waals surface area (Å²) in [6.45, 7) is 2.59. The first-order chi connectivity index (χ1) is 16.6. The maximum atomic E-state index is 11.0. The molecular weight excluding hydrogens is 448 g/mol. The molecule has 2 aromatic carbocycles. The fourth-order valence-electron chi connectivity index (χ4n) is 4.10. The fourth-order valence-corrected chi connectivity index (χ4v) is 5.28. The Morgan fingerprint density at radius 2 is 2.03 bits per heavy atom. The quantitative estimate of drug-likeness (QED) is 0.194. The first kappa shape index (κ1) is 21.8. The molecule has 0 N–H and O–H groups in total. The number of non-ortho nitro benzene ring substituents is 1. The number of aliphatic imine (C=N–C) groups is 1. The summed E-state index contributed by atoms with van der Waals surface area (Å²) in [5, 5.41) is 21.5. The summed E-state index contributed by atoms with van der Waals surface area (Å²) in [4.78, 5) is 18.7. The van der Waals surface area contributed by atoms with Gasteiger partial charge in [0.2, 0.25) is 0 Å². The van der Waals surface area contributed by atoms with Crippen molar-refractivity contribution in [2.24, 2.45) is 4.99 Å². The molecule has 5 rings (SSSR count). The van der Waals surface area contributed by atoms with E-state index in [1.165, 1.54) is 22.6 Å². The average molecular weight is 469 g/mol. The molecule has 0 amide bonds. The van der Waals surface area contributed by atoms with Gasteiger partial charge >= 0.3 is 0 Å². The topological polar surface area (TPSA) is 95.7 Å². The van der Waals surface area contributed by atoms with E-state index in [9.17, 15) is 15.4 Å². The van der Waals surface area contributed by atoms with Crippen molar-refractivity contribution in [3.05, 3.63) is 104 Å². The Labute approximate surface area is 200 Å².